The lowest BCUT2D eigenvalue weighted by Gasteiger charge is -2.21. The summed E-state index contributed by atoms with van der Waals surface area (Å²) in [6.45, 7) is 3.53. The Hall–Kier alpha value is -1.87. The van der Waals surface area contributed by atoms with Crippen LogP contribution in [0.1, 0.15) is 23.2 Å². The van der Waals surface area contributed by atoms with Gasteiger partial charge in [0.25, 0.3) is 0 Å². The van der Waals surface area contributed by atoms with Gasteiger partial charge in [0, 0.05) is 31.4 Å². The van der Waals surface area contributed by atoms with Gasteiger partial charge in [-0.15, -0.1) is 0 Å². The first kappa shape index (κ1) is 14.5. The smallest absolute Gasteiger partial charge is 0.133 e. The van der Waals surface area contributed by atoms with E-state index in [1.807, 2.05) is 13.0 Å². The van der Waals surface area contributed by atoms with Crippen LogP contribution < -0.4 is 10.6 Å². The lowest BCUT2D eigenvalue weighted by molar-refractivity contribution is 0.770. The number of pyridine rings is 1. The van der Waals surface area contributed by atoms with Crippen LogP contribution in [0.4, 0.5) is 5.82 Å². The van der Waals surface area contributed by atoms with Gasteiger partial charge in [0.2, 0.25) is 0 Å². The molecule has 2 rings (SSSR count). The average Bonchev–Trinajstić information content (AvgIpc) is 2.48. The van der Waals surface area contributed by atoms with Gasteiger partial charge in [-0.3, -0.25) is 0 Å². The van der Waals surface area contributed by atoms with Crippen LogP contribution in [0, 0.1) is 6.92 Å². The van der Waals surface area contributed by atoms with E-state index in [0.717, 1.165) is 36.5 Å². The minimum Gasteiger partial charge on any atom is -0.359 e. The minimum absolute atomic E-state index is 0.533. The Morgan fingerprint density at radius 2 is 1.85 bits per heavy atom. The summed E-state index contributed by atoms with van der Waals surface area (Å²) >= 11 is 0. The molecule has 1 aromatic heterocycles. The van der Waals surface area contributed by atoms with Crippen LogP contribution in [0.25, 0.3) is 0 Å². The highest BCUT2D eigenvalue weighted by Crippen LogP contribution is 2.17. The Morgan fingerprint density at radius 1 is 1.10 bits per heavy atom. The molecule has 0 saturated heterocycles. The van der Waals surface area contributed by atoms with Crippen molar-refractivity contribution in [2.45, 2.75) is 26.3 Å². The molecule has 0 fully saturated rings. The summed E-state index contributed by atoms with van der Waals surface area (Å²) in [5.74, 6) is 1.01. The van der Waals surface area contributed by atoms with Gasteiger partial charge in [-0.2, -0.15) is 0 Å². The summed E-state index contributed by atoms with van der Waals surface area (Å²) in [6, 6.07) is 14.7. The van der Waals surface area contributed by atoms with Gasteiger partial charge in [0.05, 0.1) is 0 Å². The van der Waals surface area contributed by atoms with Gasteiger partial charge < -0.3 is 10.6 Å². The van der Waals surface area contributed by atoms with E-state index in [0.29, 0.717) is 6.54 Å². The van der Waals surface area contributed by atoms with Gasteiger partial charge in [-0.05, 0) is 31.4 Å². The van der Waals surface area contributed by atoms with Crippen LogP contribution >= 0.6 is 0 Å². The number of nitrogens with zero attached hydrogens (tertiary/aromatic N) is 2. The average molecular weight is 269 g/mol. The summed E-state index contributed by atoms with van der Waals surface area (Å²) in [5.41, 5.74) is 9.32. The van der Waals surface area contributed by atoms with E-state index < -0.39 is 0 Å². The molecule has 0 spiro atoms. The van der Waals surface area contributed by atoms with E-state index in [4.69, 9.17) is 5.73 Å². The summed E-state index contributed by atoms with van der Waals surface area (Å²) in [4.78, 5) is 6.82. The van der Waals surface area contributed by atoms with Crippen molar-refractivity contribution in [3.05, 3.63) is 59.3 Å². The molecule has 3 nitrogen and oxygen atoms in total. The SMILES string of the molecule is Cc1ccc(CN)c(N(C)CCCc2ccccc2)n1. The molecule has 0 radical (unpaired) electrons. The summed E-state index contributed by atoms with van der Waals surface area (Å²) < 4.78 is 0. The fourth-order valence-electron chi connectivity index (χ4n) is 2.33. The van der Waals surface area contributed by atoms with Gasteiger partial charge >= 0.3 is 0 Å². The number of nitrogens with two attached hydrogens (primary N) is 1. The highest BCUT2D eigenvalue weighted by molar-refractivity contribution is 5.47. The van der Waals surface area contributed by atoms with Gasteiger partial charge in [0.15, 0.2) is 0 Å². The van der Waals surface area contributed by atoms with Crippen molar-refractivity contribution in [1.29, 1.82) is 0 Å². The third kappa shape index (κ3) is 3.81. The molecule has 1 aromatic carbocycles. The van der Waals surface area contributed by atoms with Crippen molar-refractivity contribution in [1.82, 2.24) is 4.98 Å². The van der Waals surface area contributed by atoms with Gasteiger partial charge in [-0.1, -0.05) is 36.4 Å². The van der Waals surface area contributed by atoms with Crippen LogP contribution in [-0.4, -0.2) is 18.6 Å². The van der Waals surface area contributed by atoms with Gasteiger partial charge in [0.1, 0.15) is 5.82 Å². The van der Waals surface area contributed by atoms with Crippen LogP contribution in [0.2, 0.25) is 0 Å². The monoisotopic (exact) mass is 269 g/mol. The van der Waals surface area contributed by atoms with Crippen molar-refractivity contribution < 1.29 is 0 Å². The zero-order valence-electron chi connectivity index (χ0n) is 12.3. The number of aryl methyl sites for hydroxylation is 2. The Labute approximate surface area is 121 Å². The van der Waals surface area contributed by atoms with Crippen LogP contribution in [0.3, 0.4) is 0 Å². The first-order valence-electron chi connectivity index (χ1n) is 7.12. The third-order valence-corrected chi connectivity index (χ3v) is 3.48. The molecule has 2 N–H and O–H groups in total. The van der Waals surface area contributed by atoms with E-state index >= 15 is 0 Å². The molecule has 20 heavy (non-hydrogen) atoms. The maximum Gasteiger partial charge on any atom is 0.133 e. The Balaban J connectivity index is 1.95. The van der Waals surface area contributed by atoms with Crippen molar-refractivity contribution in [2.24, 2.45) is 5.73 Å². The summed E-state index contributed by atoms with van der Waals surface area (Å²) in [5, 5.41) is 0. The van der Waals surface area contributed by atoms with E-state index in [-0.39, 0.29) is 0 Å². The number of hydrogen-bond acceptors (Lipinski definition) is 3. The van der Waals surface area contributed by atoms with Crippen molar-refractivity contribution in [3.63, 3.8) is 0 Å². The third-order valence-electron chi connectivity index (χ3n) is 3.48. The topological polar surface area (TPSA) is 42.1 Å². The summed E-state index contributed by atoms with van der Waals surface area (Å²) in [7, 11) is 2.09. The first-order valence-corrected chi connectivity index (χ1v) is 7.12. The molecule has 3 heteroatoms. The maximum absolute atomic E-state index is 5.79. The molecule has 2 aromatic rings. The quantitative estimate of drug-likeness (QED) is 0.876. The lowest BCUT2D eigenvalue weighted by atomic mass is 10.1. The fourth-order valence-corrected chi connectivity index (χ4v) is 2.33. The molecule has 0 atom stereocenters. The standard InChI is InChI=1S/C17H23N3/c1-14-10-11-16(13-18)17(19-14)20(2)12-6-9-15-7-4-3-5-8-15/h3-5,7-8,10-11H,6,9,12-13,18H2,1-2H3. The van der Waals surface area contributed by atoms with Crippen molar-refractivity contribution in [3.8, 4) is 0 Å². The summed E-state index contributed by atoms with van der Waals surface area (Å²) in [6.07, 6.45) is 2.20. The normalized spacial score (nSPS) is 10.6. The molecule has 0 aliphatic carbocycles. The number of anilines is 1. The molecular formula is C17H23N3. The first-order chi connectivity index (χ1) is 9.70. The molecule has 0 aliphatic rings. The predicted molar refractivity (Wildman–Crippen MR) is 84.9 cm³/mol. The van der Waals surface area contributed by atoms with Crippen LogP contribution in [-0.2, 0) is 13.0 Å². The zero-order chi connectivity index (χ0) is 14.4. The zero-order valence-corrected chi connectivity index (χ0v) is 12.3. The van der Waals surface area contributed by atoms with Crippen LogP contribution in [0.5, 0.6) is 0 Å². The van der Waals surface area contributed by atoms with E-state index in [9.17, 15) is 0 Å². The molecule has 0 bridgehead atoms. The Bertz CT molecular complexity index is 537. The second kappa shape index (κ2) is 7.06. The van der Waals surface area contributed by atoms with Crippen molar-refractivity contribution >= 4 is 5.82 Å². The maximum atomic E-state index is 5.79. The molecule has 0 unspecified atom stereocenters. The molecular weight excluding hydrogens is 246 g/mol. The number of hydrogen-bond donors (Lipinski definition) is 1. The molecule has 0 amide bonds. The Morgan fingerprint density at radius 3 is 2.55 bits per heavy atom. The van der Waals surface area contributed by atoms with Crippen LogP contribution in [0.15, 0.2) is 42.5 Å². The van der Waals surface area contributed by atoms with E-state index in [2.05, 4.69) is 53.3 Å². The number of benzene rings is 1. The molecule has 0 aliphatic heterocycles. The van der Waals surface area contributed by atoms with E-state index in [1.165, 1.54) is 5.56 Å². The minimum atomic E-state index is 0.533. The van der Waals surface area contributed by atoms with Crippen molar-refractivity contribution in [2.75, 3.05) is 18.5 Å². The Kier molecular flexibility index (Phi) is 5.13. The predicted octanol–water partition coefficient (Wildman–Crippen LogP) is 2.92. The number of aromatic nitrogens is 1. The second-order valence-corrected chi connectivity index (χ2v) is 5.15. The molecule has 1 heterocycles. The highest BCUT2D eigenvalue weighted by atomic mass is 15.2. The largest absolute Gasteiger partial charge is 0.359 e. The lowest BCUT2D eigenvalue weighted by Crippen LogP contribution is -2.22. The van der Waals surface area contributed by atoms with E-state index in [1.54, 1.807) is 0 Å². The fraction of sp³-hybridized carbons (Fsp3) is 0.353. The highest BCUT2D eigenvalue weighted by Gasteiger charge is 2.08. The molecule has 106 valence electrons. The van der Waals surface area contributed by atoms with Gasteiger partial charge in [-0.25, -0.2) is 4.98 Å². The second-order valence-electron chi connectivity index (χ2n) is 5.15. The number of rotatable bonds is 6. The molecule has 0 saturated carbocycles.